The molecule has 1 spiro atoms. The molecule has 6 rings (SSSR count). The van der Waals surface area contributed by atoms with Crippen LogP contribution in [0.5, 0.6) is 0 Å². The summed E-state index contributed by atoms with van der Waals surface area (Å²) in [5, 5.41) is 4.16. The molecule has 2 amide bonds. The van der Waals surface area contributed by atoms with Crippen molar-refractivity contribution in [2.45, 2.75) is 50.2 Å². The minimum absolute atomic E-state index is 0.00462. The van der Waals surface area contributed by atoms with E-state index in [1.165, 1.54) is 0 Å². The van der Waals surface area contributed by atoms with Crippen LogP contribution in [0.15, 0.2) is 85.2 Å². The maximum Gasteiger partial charge on any atom is 0.243 e. The molecule has 0 bridgehead atoms. The fourth-order valence-electron chi connectivity index (χ4n) is 6.10. The second-order valence-electron chi connectivity index (χ2n) is 11.7. The predicted octanol–water partition coefficient (Wildman–Crippen LogP) is 4.02. The highest BCUT2D eigenvalue weighted by molar-refractivity contribution is 7.88. The number of rotatable bonds is 10. The van der Waals surface area contributed by atoms with Crippen LogP contribution in [-0.2, 0) is 26.0 Å². The molecule has 9 nitrogen and oxygen atoms in total. The number of hydrogen-bond donors (Lipinski definition) is 3. The number of amides is 2. The zero-order valence-electron chi connectivity index (χ0n) is 23.5. The summed E-state index contributed by atoms with van der Waals surface area (Å²) in [7, 11) is -3.63. The normalized spacial score (nSPS) is 19.1. The van der Waals surface area contributed by atoms with E-state index in [1.807, 2.05) is 79.0 Å². The van der Waals surface area contributed by atoms with E-state index in [0.717, 1.165) is 46.8 Å². The Balaban J connectivity index is 1.24. The van der Waals surface area contributed by atoms with Crippen LogP contribution in [0.25, 0.3) is 11.0 Å². The van der Waals surface area contributed by atoms with Crippen LogP contribution in [0.1, 0.15) is 54.5 Å². The molecule has 218 valence electrons. The average Bonchev–Trinajstić information content (AvgIpc) is 3.39. The summed E-state index contributed by atoms with van der Waals surface area (Å²) in [6, 6.07) is 20.5. The molecule has 0 radical (unpaired) electrons. The smallest absolute Gasteiger partial charge is 0.243 e. The van der Waals surface area contributed by atoms with Crippen LogP contribution in [0, 0.1) is 5.41 Å². The Morgan fingerprint density at radius 1 is 1.02 bits per heavy atom. The zero-order valence-corrected chi connectivity index (χ0v) is 24.3. The van der Waals surface area contributed by atoms with Gasteiger partial charge in [0.1, 0.15) is 11.7 Å². The molecule has 2 aliphatic rings. The fourth-order valence-corrected chi connectivity index (χ4v) is 6.83. The molecule has 3 heterocycles. The van der Waals surface area contributed by atoms with Crippen LogP contribution in [0.4, 0.5) is 0 Å². The maximum atomic E-state index is 14.1. The number of hydrogen-bond acceptors (Lipinski definition) is 5. The van der Waals surface area contributed by atoms with E-state index in [2.05, 4.69) is 20.0 Å². The van der Waals surface area contributed by atoms with Gasteiger partial charge < -0.3 is 15.2 Å². The average molecular weight is 586 g/mol. The number of carbonyl (C=O) groups is 2. The lowest BCUT2D eigenvalue weighted by Crippen LogP contribution is -2.49. The Morgan fingerprint density at radius 2 is 1.69 bits per heavy atom. The summed E-state index contributed by atoms with van der Waals surface area (Å²) in [4.78, 5) is 36.9. The van der Waals surface area contributed by atoms with Crippen molar-refractivity contribution >= 4 is 32.9 Å². The molecule has 1 aliphatic carbocycles. The molecule has 3 atom stereocenters. The minimum atomic E-state index is -3.63. The van der Waals surface area contributed by atoms with Crippen LogP contribution in [0.3, 0.4) is 0 Å². The van der Waals surface area contributed by atoms with Crippen molar-refractivity contribution in [2.75, 3.05) is 12.8 Å². The monoisotopic (exact) mass is 585 g/mol. The molecule has 2 aromatic carbocycles. The van der Waals surface area contributed by atoms with Gasteiger partial charge in [-0.25, -0.2) is 18.1 Å². The number of aryl methyl sites for hydroxylation is 1. The Labute approximate surface area is 245 Å². The molecule has 3 N–H and O–H groups in total. The van der Waals surface area contributed by atoms with Crippen molar-refractivity contribution in [3.63, 3.8) is 0 Å². The van der Waals surface area contributed by atoms with E-state index in [9.17, 15) is 18.0 Å². The SMILES string of the molecule is CS(=O)(=O)N[C@H](c1ccccc1)[C@H](NC(=O)[C@@H]1CC2(CC2)CN1C(=O)CCc1cnc2[nH]ccc2c1)c1ccccc1. The number of nitrogens with zero attached hydrogens (tertiary/aromatic N) is 2. The molecule has 4 aromatic rings. The summed E-state index contributed by atoms with van der Waals surface area (Å²) in [6.45, 7) is 0.568. The Bertz CT molecular complexity index is 1690. The van der Waals surface area contributed by atoms with Gasteiger partial charge in [-0.05, 0) is 59.9 Å². The number of likely N-dealkylation sites (tertiary alicyclic amines) is 1. The lowest BCUT2D eigenvalue weighted by atomic mass is 9.93. The second-order valence-corrected chi connectivity index (χ2v) is 13.5. The summed E-state index contributed by atoms with van der Waals surface area (Å²) >= 11 is 0. The summed E-state index contributed by atoms with van der Waals surface area (Å²) in [5.74, 6) is -0.328. The van der Waals surface area contributed by atoms with Crippen LogP contribution in [0.2, 0.25) is 0 Å². The first-order chi connectivity index (χ1) is 20.2. The third-order valence-electron chi connectivity index (χ3n) is 8.46. The molecule has 10 heteroatoms. The number of aromatic nitrogens is 2. The van der Waals surface area contributed by atoms with Gasteiger partial charge in [0.05, 0.1) is 18.3 Å². The third kappa shape index (κ3) is 6.24. The lowest BCUT2D eigenvalue weighted by molar-refractivity contribution is -0.138. The van der Waals surface area contributed by atoms with Crippen molar-refractivity contribution in [2.24, 2.45) is 5.41 Å². The van der Waals surface area contributed by atoms with E-state index in [4.69, 9.17) is 0 Å². The van der Waals surface area contributed by atoms with Crippen molar-refractivity contribution in [3.8, 4) is 0 Å². The number of fused-ring (bicyclic) bond motifs is 1. The van der Waals surface area contributed by atoms with Gasteiger partial charge in [0.15, 0.2) is 0 Å². The molecular formula is C32H35N5O4S. The first kappa shape index (κ1) is 28.1. The lowest BCUT2D eigenvalue weighted by Gasteiger charge is -2.32. The van der Waals surface area contributed by atoms with Crippen molar-refractivity contribution in [1.29, 1.82) is 0 Å². The first-order valence-corrected chi connectivity index (χ1v) is 16.2. The largest absolute Gasteiger partial charge is 0.346 e. The van der Waals surface area contributed by atoms with Crippen molar-refractivity contribution in [1.82, 2.24) is 24.9 Å². The van der Waals surface area contributed by atoms with Gasteiger partial charge in [0.25, 0.3) is 0 Å². The zero-order chi connectivity index (χ0) is 29.3. The quantitative estimate of drug-likeness (QED) is 0.259. The highest BCUT2D eigenvalue weighted by atomic mass is 32.2. The number of sulfonamides is 1. The minimum Gasteiger partial charge on any atom is -0.346 e. The van der Waals surface area contributed by atoms with E-state index >= 15 is 0 Å². The number of nitrogens with one attached hydrogen (secondary N) is 3. The van der Waals surface area contributed by atoms with Crippen molar-refractivity contribution in [3.05, 3.63) is 102 Å². The molecule has 1 saturated heterocycles. The highest BCUT2D eigenvalue weighted by Gasteiger charge is 2.55. The van der Waals surface area contributed by atoms with Crippen LogP contribution < -0.4 is 10.0 Å². The van der Waals surface area contributed by atoms with Gasteiger partial charge in [0, 0.05) is 30.7 Å². The third-order valence-corrected chi connectivity index (χ3v) is 9.14. The molecule has 1 saturated carbocycles. The number of aromatic amines is 1. The van der Waals surface area contributed by atoms with Gasteiger partial charge in [0.2, 0.25) is 21.8 Å². The van der Waals surface area contributed by atoms with Gasteiger partial charge >= 0.3 is 0 Å². The Morgan fingerprint density at radius 3 is 2.33 bits per heavy atom. The topological polar surface area (TPSA) is 124 Å². The van der Waals surface area contributed by atoms with Crippen LogP contribution in [-0.4, -0.2) is 53.9 Å². The van der Waals surface area contributed by atoms with Crippen molar-refractivity contribution < 1.29 is 18.0 Å². The molecule has 1 aliphatic heterocycles. The standard InChI is InChI=1S/C32H35N5O4S/c1-42(40,41)36-29(24-10-6-3-7-11-24)28(23-8-4-2-5-9-23)35-31(39)26-19-32(15-16-32)21-37(26)27(38)13-12-22-18-25-14-17-33-30(25)34-20-22/h2-11,14,17-18,20,26,28-29,36H,12-13,15-16,19,21H2,1H3,(H,33,34)(H,35,39)/t26-,28+,29+/m0/s1. The van der Waals surface area contributed by atoms with Crippen LogP contribution >= 0.6 is 0 Å². The summed E-state index contributed by atoms with van der Waals surface area (Å²) in [5.41, 5.74) is 3.27. The molecular weight excluding hydrogens is 550 g/mol. The summed E-state index contributed by atoms with van der Waals surface area (Å²) in [6.07, 6.45) is 8.16. The Kier molecular flexibility index (Phi) is 7.59. The first-order valence-electron chi connectivity index (χ1n) is 14.3. The Hall–Kier alpha value is -4.02. The van der Waals surface area contributed by atoms with E-state index < -0.39 is 28.1 Å². The highest BCUT2D eigenvalue weighted by Crippen LogP contribution is 2.55. The summed E-state index contributed by atoms with van der Waals surface area (Å²) < 4.78 is 27.7. The predicted molar refractivity (Wildman–Crippen MR) is 161 cm³/mol. The van der Waals surface area contributed by atoms with Gasteiger partial charge in [-0.3, -0.25) is 9.59 Å². The fraction of sp³-hybridized carbons (Fsp3) is 0.344. The second kappa shape index (κ2) is 11.3. The molecule has 2 fully saturated rings. The molecule has 42 heavy (non-hydrogen) atoms. The van der Waals surface area contributed by atoms with E-state index in [1.54, 1.807) is 11.1 Å². The van der Waals surface area contributed by atoms with E-state index in [-0.39, 0.29) is 23.7 Å². The van der Waals surface area contributed by atoms with E-state index in [0.29, 0.717) is 19.4 Å². The van der Waals surface area contributed by atoms with Gasteiger partial charge in [-0.15, -0.1) is 0 Å². The number of pyridine rings is 1. The number of carbonyl (C=O) groups excluding carboxylic acids is 2. The number of H-pyrrole nitrogens is 1. The van der Waals surface area contributed by atoms with Gasteiger partial charge in [-0.2, -0.15) is 0 Å². The molecule has 2 aromatic heterocycles. The van der Waals surface area contributed by atoms with Gasteiger partial charge in [-0.1, -0.05) is 60.7 Å². The maximum absolute atomic E-state index is 14.1. The molecule has 0 unspecified atom stereocenters. The number of benzene rings is 2.